The zero-order valence-corrected chi connectivity index (χ0v) is 50.8. The number of likely N-dealkylation sites (N-methyl/N-ethyl adjacent to an activating group) is 1. The Morgan fingerprint density at radius 3 is 2.06 bits per heavy atom. The molecule has 84 heavy (non-hydrogen) atoms. The van der Waals surface area contributed by atoms with E-state index in [-0.39, 0.29) is 63.0 Å². The van der Waals surface area contributed by atoms with Gasteiger partial charge >= 0.3 is 30.5 Å². The van der Waals surface area contributed by atoms with Crippen molar-refractivity contribution in [1.29, 1.82) is 0 Å². The molecule has 28 nitrogen and oxygen atoms in total. The van der Waals surface area contributed by atoms with Crippen LogP contribution in [-0.4, -0.2) is 206 Å². The topological polar surface area (TPSA) is 367 Å². The second kappa shape index (κ2) is 28.3. The van der Waals surface area contributed by atoms with Crippen molar-refractivity contribution >= 4 is 42.1 Å². The molecule has 0 spiro atoms. The first-order valence-electron chi connectivity index (χ1n) is 28.3. The first-order valence-corrected chi connectivity index (χ1v) is 28.3. The third kappa shape index (κ3) is 20.5. The number of likely N-dealkylation sites (tertiary alicyclic amines) is 1. The number of rotatable bonds is 18. The van der Waals surface area contributed by atoms with E-state index in [1.165, 1.54) is 38.2 Å². The number of carbonyl (C=O) groups excluding carboxylic acids is 6. The zero-order chi connectivity index (χ0) is 62.9. The molecule has 13 atom stereocenters. The number of alkyl carbamates (subject to hydrolysis) is 3. The van der Waals surface area contributed by atoms with Crippen LogP contribution in [0.5, 0.6) is 0 Å². The number of non-ortho nitro benzene ring substituents is 1. The van der Waals surface area contributed by atoms with Gasteiger partial charge in [0.2, 0.25) is 5.91 Å². The number of carbonyl (C=O) groups is 6. The predicted molar refractivity (Wildman–Crippen MR) is 300 cm³/mol. The van der Waals surface area contributed by atoms with E-state index >= 15 is 0 Å². The van der Waals surface area contributed by atoms with E-state index in [0.717, 1.165) is 4.90 Å². The van der Waals surface area contributed by atoms with Gasteiger partial charge in [0.15, 0.2) is 6.29 Å². The van der Waals surface area contributed by atoms with Crippen molar-refractivity contribution < 1.29 is 92.0 Å². The van der Waals surface area contributed by atoms with Crippen LogP contribution in [0.25, 0.3) is 0 Å². The van der Waals surface area contributed by atoms with Gasteiger partial charge in [-0.1, -0.05) is 0 Å². The van der Waals surface area contributed by atoms with E-state index in [1.807, 2.05) is 0 Å². The summed E-state index contributed by atoms with van der Waals surface area (Å²) in [6.45, 7) is 20.8. The molecule has 2 unspecified atom stereocenters. The Balaban J connectivity index is 1.55. The van der Waals surface area contributed by atoms with Crippen molar-refractivity contribution in [1.82, 2.24) is 36.4 Å². The fourth-order valence-electron chi connectivity index (χ4n) is 10.3. The lowest BCUT2D eigenvalue weighted by atomic mass is 9.72. The molecule has 3 heterocycles. The average Bonchev–Trinajstić information content (AvgIpc) is 2.16. The highest BCUT2D eigenvalue weighted by Crippen LogP contribution is 2.39. The maximum absolute atomic E-state index is 14.1. The number of amides is 6. The second-order valence-electron chi connectivity index (χ2n) is 25.9. The molecule has 1 aromatic rings. The zero-order valence-electron chi connectivity index (χ0n) is 50.8. The Morgan fingerprint density at radius 1 is 0.833 bits per heavy atom. The number of nitrogens with one attached hydrogen (secondary N) is 5. The molecule has 3 aliphatic heterocycles. The third-order valence-electron chi connectivity index (χ3n) is 13.9. The van der Waals surface area contributed by atoms with E-state index in [0.29, 0.717) is 24.9 Å². The maximum Gasteiger partial charge on any atom is 0.410 e. The minimum Gasteiger partial charge on any atom is -0.491 e. The van der Waals surface area contributed by atoms with Crippen molar-refractivity contribution in [2.45, 2.75) is 224 Å². The Kier molecular flexibility index (Phi) is 23.0. The summed E-state index contributed by atoms with van der Waals surface area (Å²) in [7, 11) is 1.31. The quantitative estimate of drug-likeness (QED) is 0.0570. The molecule has 28 heteroatoms. The monoisotopic (exact) mass is 1190 g/mol. The largest absolute Gasteiger partial charge is 0.491 e. The van der Waals surface area contributed by atoms with Crippen molar-refractivity contribution in [2.24, 2.45) is 5.92 Å². The lowest BCUT2D eigenvalue weighted by Gasteiger charge is -2.52. The smallest absolute Gasteiger partial charge is 0.410 e. The Hall–Kier alpha value is -6.30. The van der Waals surface area contributed by atoms with Crippen LogP contribution in [0.15, 0.2) is 36.1 Å². The minimum atomic E-state index is -1.91. The van der Waals surface area contributed by atoms with Crippen LogP contribution in [0.1, 0.15) is 128 Å². The van der Waals surface area contributed by atoms with Gasteiger partial charge in [-0.25, -0.2) is 24.0 Å². The number of nitro benzene ring substituents is 1. The van der Waals surface area contributed by atoms with Gasteiger partial charge in [0, 0.05) is 62.9 Å². The molecule has 2 saturated heterocycles. The van der Waals surface area contributed by atoms with E-state index in [4.69, 9.17) is 37.9 Å². The van der Waals surface area contributed by atoms with Crippen LogP contribution in [0.4, 0.5) is 29.7 Å². The summed E-state index contributed by atoms with van der Waals surface area (Å²) in [6.07, 6.45) is -11.5. The number of aliphatic hydroxyl groups is 4. The first-order chi connectivity index (χ1) is 38.8. The van der Waals surface area contributed by atoms with Gasteiger partial charge in [-0.15, -0.1) is 0 Å². The van der Waals surface area contributed by atoms with Gasteiger partial charge in [0.25, 0.3) is 5.69 Å². The number of benzene rings is 1. The van der Waals surface area contributed by atoms with Gasteiger partial charge in [-0.2, -0.15) is 0 Å². The van der Waals surface area contributed by atoms with Gasteiger partial charge in [0.1, 0.15) is 64.8 Å². The number of hydrogen-bond acceptors (Lipinski definition) is 21. The summed E-state index contributed by atoms with van der Waals surface area (Å²) < 4.78 is 47.1. The van der Waals surface area contributed by atoms with Crippen molar-refractivity contribution in [2.75, 3.05) is 39.8 Å². The molecule has 4 aliphatic rings. The first kappa shape index (κ1) is 68.5. The third-order valence-corrected chi connectivity index (χ3v) is 13.9. The van der Waals surface area contributed by atoms with Crippen molar-refractivity contribution in [3.63, 3.8) is 0 Å². The molecule has 6 amide bonds. The summed E-state index contributed by atoms with van der Waals surface area (Å²) in [5, 5.41) is 73.7. The van der Waals surface area contributed by atoms with Gasteiger partial charge in [0.05, 0.1) is 36.3 Å². The molecule has 0 bridgehead atoms. The Bertz CT molecular complexity index is 2470. The Labute approximate surface area is 490 Å². The summed E-state index contributed by atoms with van der Waals surface area (Å²) in [6, 6.07) is 0.297. The van der Waals surface area contributed by atoms with E-state index in [2.05, 4.69) is 26.6 Å². The fraction of sp³-hybridized carbons (Fsp3) is 0.750. The van der Waals surface area contributed by atoms with E-state index in [9.17, 15) is 59.3 Å². The van der Waals surface area contributed by atoms with Crippen LogP contribution in [-0.2, 0) is 49.3 Å². The molecule has 1 aromatic carbocycles. The normalized spacial score (nSPS) is 27.8. The number of nitro groups is 1. The van der Waals surface area contributed by atoms with Crippen LogP contribution in [0.2, 0.25) is 0 Å². The molecule has 1 aliphatic carbocycles. The van der Waals surface area contributed by atoms with Gasteiger partial charge < -0.3 is 94.7 Å². The number of nitrogens with zero attached hydrogens (tertiary/aromatic N) is 3. The number of ether oxygens (including phenoxy) is 8. The molecule has 9 N–H and O–H groups in total. The average molecular weight is 1200 g/mol. The molecular formula is C56H90N8O20. The molecular weight excluding hydrogens is 1100 g/mol. The van der Waals surface area contributed by atoms with Crippen LogP contribution < -0.4 is 26.6 Å². The summed E-state index contributed by atoms with van der Waals surface area (Å²) in [5.74, 6) is -2.08. The summed E-state index contributed by atoms with van der Waals surface area (Å²) in [5.41, 5.74) is -5.22. The van der Waals surface area contributed by atoms with Gasteiger partial charge in [-0.05, 0) is 146 Å². The maximum atomic E-state index is 14.1. The van der Waals surface area contributed by atoms with E-state index < -0.39 is 143 Å². The van der Waals surface area contributed by atoms with Crippen LogP contribution in [0.3, 0.4) is 0 Å². The highest BCUT2D eigenvalue weighted by atomic mass is 16.7. The van der Waals surface area contributed by atoms with E-state index in [1.54, 1.807) is 94.1 Å². The molecule has 3 fully saturated rings. The molecule has 474 valence electrons. The summed E-state index contributed by atoms with van der Waals surface area (Å²) >= 11 is 0. The standard InChI is InChI=1S/C56H90N8O20/c1-52(2,3)81-48(70)57-24-23-38(65)45(68)60-37-26-36(61-49(71)82-53(4,5)6)39(40(66)43(37)80-46-41(67)44(56(13,74)30-78-46)62(14)50(72)83-54(7,8)9)42-35(58-27-33-16-15-25-63(33)51(73)84-55(10,11)12)22-21-34(79-42)28-59-47(69)77-29-31-17-19-32(20-18-31)64(75)76/h17-21,33,35-44,46,58,65-67,74H,15-16,22-30H2,1-14H3,(H,57,70)(H,59,69)(H,60,68)(H,61,71)/t33?,35-,36+,37-,38+,39?,40+,41-,42+,43+,44-,46-,56+/m1/s1. The molecule has 5 rings (SSSR count). The SMILES string of the molecule is CN(C(=O)OC(C)(C)C)[C@@H]1[C@@H](O)[C@@H](O[C@H]2[C@H](NC(=O)[C@@H](O)CCNC(=O)OC(C)(C)C)C[C@H](NC(=O)OC(C)(C)C)C([C@H]3OC(CNC(=O)OCc4ccc([N+](=O)[O-])cc4)=CC[C@H]3NCC3CCCN3C(=O)OC(C)(C)C)[C@@H]2O)OC[C@]1(C)O. The highest BCUT2D eigenvalue weighted by Gasteiger charge is 2.57. The second-order valence-corrected chi connectivity index (χ2v) is 25.9. The minimum absolute atomic E-state index is 0.147. The summed E-state index contributed by atoms with van der Waals surface area (Å²) in [4.78, 5) is 93.9. The Morgan fingerprint density at radius 2 is 1.45 bits per heavy atom. The highest BCUT2D eigenvalue weighted by molar-refractivity contribution is 5.81. The molecule has 0 aromatic heterocycles. The van der Waals surface area contributed by atoms with Gasteiger partial charge in [-0.3, -0.25) is 14.9 Å². The fourth-order valence-corrected chi connectivity index (χ4v) is 10.3. The lowest BCUT2D eigenvalue weighted by Crippen LogP contribution is -2.71. The molecule has 0 radical (unpaired) electrons. The van der Waals surface area contributed by atoms with Crippen LogP contribution >= 0.6 is 0 Å². The number of hydrogen-bond donors (Lipinski definition) is 9. The lowest BCUT2D eigenvalue weighted by molar-refractivity contribution is -0.384. The predicted octanol–water partition coefficient (Wildman–Crippen LogP) is 3.98. The number of aliphatic hydroxyl groups excluding tert-OH is 3. The molecule has 1 saturated carbocycles. The van der Waals surface area contributed by atoms with Crippen molar-refractivity contribution in [3.8, 4) is 0 Å². The van der Waals surface area contributed by atoms with Crippen molar-refractivity contribution in [3.05, 3.63) is 51.8 Å². The van der Waals surface area contributed by atoms with Crippen LogP contribution in [0, 0.1) is 16.0 Å².